The summed E-state index contributed by atoms with van der Waals surface area (Å²) in [5, 5.41) is 0.469. The van der Waals surface area contributed by atoms with Gasteiger partial charge in [0, 0.05) is 41.2 Å². The number of nitrogens with one attached hydrogen (secondary N) is 1. The zero-order chi connectivity index (χ0) is 20.8. The monoisotopic (exact) mass is 436 g/mol. The molecular weight excluding hydrogens is 415 g/mol. The Kier molecular flexibility index (Phi) is 5.40. The van der Waals surface area contributed by atoms with Gasteiger partial charge in [0.2, 0.25) is 15.9 Å². The fraction of sp³-hybridized carbons (Fsp3) is 0.381. The summed E-state index contributed by atoms with van der Waals surface area (Å²) in [4.78, 5) is 14.6. The molecule has 2 aromatic carbocycles. The lowest BCUT2D eigenvalue weighted by atomic mass is 9.95. The second-order valence-corrected chi connectivity index (χ2v) is 9.98. The van der Waals surface area contributed by atoms with Crippen LogP contribution in [0.4, 0.5) is 4.39 Å². The Morgan fingerprint density at radius 3 is 2.69 bits per heavy atom. The van der Waals surface area contributed by atoms with Gasteiger partial charge in [0.25, 0.3) is 0 Å². The highest BCUT2D eigenvalue weighted by Gasteiger charge is 2.48. The van der Waals surface area contributed by atoms with Crippen molar-refractivity contribution in [2.24, 2.45) is 5.92 Å². The molecule has 1 aliphatic heterocycles. The molecule has 0 bridgehead atoms. The quantitative estimate of drug-likeness (QED) is 0.781. The van der Waals surface area contributed by atoms with Gasteiger partial charge in [0.1, 0.15) is 5.82 Å². The molecule has 1 saturated heterocycles. The van der Waals surface area contributed by atoms with Crippen molar-refractivity contribution < 1.29 is 17.6 Å². The van der Waals surface area contributed by atoms with Crippen molar-refractivity contribution in [2.45, 2.75) is 24.8 Å². The lowest BCUT2D eigenvalue weighted by Crippen LogP contribution is -2.38. The summed E-state index contributed by atoms with van der Waals surface area (Å²) in [6.45, 7) is 0.894. The Hall–Kier alpha value is -1.96. The van der Waals surface area contributed by atoms with Gasteiger partial charge in [0.15, 0.2) is 0 Å². The third-order valence-electron chi connectivity index (χ3n) is 5.58. The van der Waals surface area contributed by atoms with Crippen LogP contribution in [-0.4, -0.2) is 44.6 Å². The number of rotatable bonds is 5. The summed E-state index contributed by atoms with van der Waals surface area (Å²) in [7, 11) is -3.30. The van der Waals surface area contributed by atoms with Crippen LogP contribution in [0.5, 0.6) is 0 Å². The van der Waals surface area contributed by atoms with Crippen LogP contribution in [0.1, 0.15) is 24.3 Å². The summed E-state index contributed by atoms with van der Waals surface area (Å²) in [5.74, 6) is -0.629. The van der Waals surface area contributed by atoms with Crippen molar-refractivity contribution in [2.75, 3.05) is 19.3 Å². The van der Waals surface area contributed by atoms with Gasteiger partial charge in [-0.2, -0.15) is 0 Å². The molecule has 0 radical (unpaired) electrons. The van der Waals surface area contributed by atoms with Crippen LogP contribution in [0.3, 0.4) is 0 Å². The molecule has 0 spiro atoms. The van der Waals surface area contributed by atoms with E-state index in [0.717, 1.165) is 11.8 Å². The van der Waals surface area contributed by atoms with E-state index < -0.39 is 10.0 Å². The second-order valence-electron chi connectivity index (χ2n) is 7.79. The maximum Gasteiger partial charge on any atom is 0.226 e. The highest BCUT2D eigenvalue weighted by atomic mass is 35.5. The Morgan fingerprint density at radius 1 is 1.21 bits per heavy atom. The lowest BCUT2D eigenvalue weighted by Gasteiger charge is -2.17. The van der Waals surface area contributed by atoms with Crippen molar-refractivity contribution in [3.8, 4) is 11.1 Å². The van der Waals surface area contributed by atoms with Gasteiger partial charge < -0.3 is 4.90 Å². The molecule has 1 heterocycles. The standard InChI is InChI=1S/C21H22ClFN2O3S/c1-29(27,28)24-13-9-10-25(12-13)21(26)17-11-16(17)14-6-4-8-19(23)20(14)15-5-2-3-7-18(15)22/h2-8,13,16-17,24H,9-12H2,1H3. The van der Waals surface area contributed by atoms with Crippen LogP contribution >= 0.6 is 11.6 Å². The van der Waals surface area contributed by atoms with E-state index in [-0.39, 0.29) is 29.6 Å². The Labute approximate surface area is 174 Å². The molecule has 4 rings (SSSR count). The predicted octanol–water partition coefficient (Wildman–Crippen LogP) is 3.40. The van der Waals surface area contributed by atoms with Crippen molar-refractivity contribution in [3.63, 3.8) is 0 Å². The molecule has 2 fully saturated rings. The molecule has 1 amide bonds. The van der Waals surface area contributed by atoms with Crippen LogP contribution in [0.25, 0.3) is 11.1 Å². The first-order chi connectivity index (χ1) is 13.7. The minimum Gasteiger partial charge on any atom is -0.341 e. The molecule has 8 heteroatoms. The number of amides is 1. The van der Waals surface area contributed by atoms with Gasteiger partial charge >= 0.3 is 0 Å². The predicted molar refractivity (Wildman–Crippen MR) is 111 cm³/mol. The number of benzene rings is 2. The van der Waals surface area contributed by atoms with Crippen LogP contribution in [0.15, 0.2) is 42.5 Å². The summed E-state index contributed by atoms with van der Waals surface area (Å²) >= 11 is 6.30. The summed E-state index contributed by atoms with van der Waals surface area (Å²) < 4.78 is 40.1. The minimum absolute atomic E-state index is 0.00201. The number of hydrogen-bond acceptors (Lipinski definition) is 3. The van der Waals surface area contributed by atoms with E-state index in [4.69, 9.17) is 11.6 Å². The van der Waals surface area contributed by atoms with Crippen molar-refractivity contribution in [1.82, 2.24) is 9.62 Å². The van der Waals surface area contributed by atoms with Gasteiger partial charge in [-0.1, -0.05) is 41.9 Å². The molecular formula is C21H22ClFN2O3S. The fourth-order valence-electron chi connectivity index (χ4n) is 4.20. The van der Waals surface area contributed by atoms with Gasteiger partial charge in [-0.05, 0) is 36.5 Å². The van der Waals surface area contributed by atoms with Crippen LogP contribution < -0.4 is 4.72 Å². The molecule has 1 saturated carbocycles. The topological polar surface area (TPSA) is 66.5 Å². The van der Waals surface area contributed by atoms with Gasteiger partial charge in [-0.15, -0.1) is 0 Å². The number of sulfonamides is 1. The highest BCUT2D eigenvalue weighted by molar-refractivity contribution is 7.88. The van der Waals surface area contributed by atoms with E-state index >= 15 is 0 Å². The van der Waals surface area contributed by atoms with Crippen LogP contribution in [-0.2, 0) is 14.8 Å². The third-order valence-corrected chi connectivity index (χ3v) is 6.67. The van der Waals surface area contributed by atoms with E-state index in [1.807, 2.05) is 12.1 Å². The first kappa shape index (κ1) is 20.3. The molecule has 3 atom stereocenters. The minimum atomic E-state index is -3.30. The highest BCUT2D eigenvalue weighted by Crippen LogP contribution is 2.52. The first-order valence-corrected chi connectivity index (χ1v) is 11.8. The molecule has 154 valence electrons. The number of nitrogens with zero attached hydrogens (tertiary/aromatic N) is 1. The van der Waals surface area contributed by atoms with E-state index in [1.165, 1.54) is 6.07 Å². The Bertz CT molecular complexity index is 1060. The van der Waals surface area contributed by atoms with E-state index in [2.05, 4.69) is 4.72 Å². The smallest absolute Gasteiger partial charge is 0.226 e. The average molecular weight is 437 g/mol. The molecule has 2 aromatic rings. The lowest BCUT2D eigenvalue weighted by molar-refractivity contribution is -0.131. The molecule has 29 heavy (non-hydrogen) atoms. The van der Waals surface area contributed by atoms with Gasteiger partial charge in [0.05, 0.1) is 6.26 Å². The Morgan fingerprint density at radius 2 is 1.97 bits per heavy atom. The van der Waals surface area contributed by atoms with Gasteiger partial charge in [-0.3, -0.25) is 4.79 Å². The molecule has 1 N–H and O–H groups in total. The average Bonchev–Trinajstić information content (AvgIpc) is 3.32. The van der Waals surface area contributed by atoms with E-state index in [9.17, 15) is 17.6 Å². The van der Waals surface area contributed by atoms with Crippen molar-refractivity contribution in [3.05, 3.63) is 58.9 Å². The zero-order valence-corrected chi connectivity index (χ0v) is 17.5. The number of carbonyl (C=O) groups excluding carboxylic acids is 1. The zero-order valence-electron chi connectivity index (χ0n) is 15.9. The number of likely N-dealkylation sites (tertiary alicyclic amines) is 1. The normalized spacial score (nSPS) is 24.0. The van der Waals surface area contributed by atoms with Gasteiger partial charge in [-0.25, -0.2) is 17.5 Å². The molecule has 0 aromatic heterocycles. The molecule has 3 unspecified atom stereocenters. The van der Waals surface area contributed by atoms with E-state index in [1.54, 1.807) is 29.2 Å². The fourth-order valence-corrected chi connectivity index (χ4v) is 5.23. The molecule has 5 nitrogen and oxygen atoms in total. The summed E-state index contributed by atoms with van der Waals surface area (Å²) in [6.07, 6.45) is 2.37. The first-order valence-electron chi connectivity index (χ1n) is 9.54. The largest absolute Gasteiger partial charge is 0.341 e. The Balaban J connectivity index is 1.52. The number of halogens is 2. The number of hydrogen-bond donors (Lipinski definition) is 1. The van der Waals surface area contributed by atoms with E-state index in [0.29, 0.717) is 42.1 Å². The summed E-state index contributed by atoms with van der Waals surface area (Å²) in [6, 6.07) is 11.8. The van der Waals surface area contributed by atoms with Crippen LogP contribution in [0, 0.1) is 11.7 Å². The summed E-state index contributed by atoms with van der Waals surface area (Å²) in [5.41, 5.74) is 1.87. The maximum absolute atomic E-state index is 14.7. The second kappa shape index (κ2) is 7.70. The van der Waals surface area contributed by atoms with Crippen molar-refractivity contribution in [1.29, 1.82) is 0 Å². The number of carbonyl (C=O) groups is 1. The van der Waals surface area contributed by atoms with Crippen LogP contribution in [0.2, 0.25) is 5.02 Å². The molecule has 1 aliphatic carbocycles. The SMILES string of the molecule is CS(=O)(=O)NC1CCN(C(=O)C2CC2c2cccc(F)c2-c2ccccc2Cl)C1. The maximum atomic E-state index is 14.7. The molecule has 2 aliphatic rings. The third kappa shape index (κ3) is 4.32. The van der Waals surface area contributed by atoms with Crippen molar-refractivity contribution >= 4 is 27.5 Å².